The van der Waals surface area contributed by atoms with Gasteiger partial charge in [0.05, 0.1) is 17.3 Å². The number of fused-ring (bicyclic) bond motifs is 1. The average Bonchev–Trinajstić information content (AvgIpc) is 3.06. The number of hydrogen-bond donors (Lipinski definition) is 0. The molecule has 0 N–H and O–H groups in total. The Morgan fingerprint density at radius 3 is 2.71 bits per heavy atom. The van der Waals surface area contributed by atoms with Gasteiger partial charge >= 0.3 is 0 Å². The summed E-state index contributed by atoms with van der Waals surface area (Å²) in [4.78, 5) is 12.5. The quantitative estimate of drug-likeness (QED) is 0.805. The van der Waals surface area contributed by atoms with Gasteiger partial charge in [-0.05, 0) is 62.4 Å². The molecule has 24 heavy (non-hydrogen) atoms. The maximum absolute atomic E-state index is 12.5. The standard InChI is InChI=1S/C20H18N2O2/c1-14-19(22-11-5-2-6-18(22)23)16-12-15(13-21)7-8-17(16)24-20(14)9-3-4-10-20/h2,5-8,11-12H,3-4,9-10H2,1H3. The molecule has 120 valence electrons. The van der Waals surface area contributed by atoms with Crippen molar-refractivity contribution in [2.24, 2.45) is 0 Å². The summed E-state index contributed by atoms with van der Waals surface area (Å²) in [6, 6.07) is 12.8. The van der Waals surface area contributed by atoms with E-state index in [9.17, 15) is 10.1 Å². The monoisotopic (exact) mass is 318 g/mol. The second-order valence-corrected chi connectivity index (χ2v) is 6.51. The predicted molar refractivity (Wildman–Crippen MR) is 91.7 cm³/mol. The van der Waals surface area contributed by atoms with Gasteiger partial charge in [-0.25, -0.2) is 0 Å². The van der Waals surface area contributed by atoms with E-state index in [1.54, 1.807) is 29.0 Å². The van der Waals surface area contributed by atoms with Gasteiger partial charge in [-0.2, -0.15) is 5.26 Å². The number of rotatable bonds is 1. The molecule has 1 aromatic carbocycles. The number of benzene rings is 1. The summed E-state index contributed by atoms with van der Waals surface area (Å²) in [6.45, 7) is 2.06. The van der Waals surface area contributed by atoms with Gasteiger partial charge in [-0.15, -0.1) is 0 Å². The Morgan fingerprint density at radius 1 is 1.21 bits per heavy atom. The Morgan fingerprint density at radius 2 is 2.00 bits per heavy atom. The Bertz CT molecular complexity index is 941. The molecule has 1 aliphatic carbocycles. The summed E-state index contributed by atoms with van der Waals surface area (Å²) in [5.41, 5.74) is 2.92. The predicted octanol–water partition coefficient (Wildman–Crippen LogP) is 3.70. The summed E-state index contributed by atoms with van der Waals surface area (Å²) in [5, 5.41) is 9.25. The van der Waals surface area contributed by atoms with Gasteiger partial charge in [-0.1, -0.05) is 6.07 Å². The average molecular weight is 318 g/mol. The number of ether oxygens (including phenoxy) is 1. The van der Waals surface area contributed by atoms with Crippen LogP contribution in [0, 0.1) is 11.3 Å². The topological polar surface area (TPSA) is 55.0 Å². The highest BCUT2D eigenvalue weighted by atomic mass is 16.5. The molecule has 2 aliphatic rings. The molecule has 0 bridgehead atoms. The van der Waals surface area contributed by atoms with Crippen molar-refractivity contribution < 1.29 is 4.74 Å². The van der Waals surface area contributed by atoms with E-state index in [4.69, 9.17) is 4.74 Å². The van der Waals surface area contributed by atoms with Crippen molar-refractivity contribution in [2.45, 2.75) is 38.2 Å². The number of hydrogen-bond acceptors (Lipinski definition) is 3. The van der Waals surface area contributed by atoms with Gasteiger partial charge < -0.3 is 4.74 Å². The number of pyridine rings is 1. The lowest BCUT2D eigenvalue weighted by Crippen LogP contribution is -2.39. The highest BCUT2D eigenvalue weighted by Gasteiger charge is 2.43. The molecule has 2 heterocycles. The molecule has 4 rings (SSSR count). The summed E-state index contributed by atoms with van der Waals surface area (Å²) in [5.74, 6) is 0.757. The molecule has 1 aromatic heterocycles. The zero-order valence-corrected chi connectivity index (χ0v) is 13.6. The zero-order valence-electron chi connectivity index (χ0n) is 13.6. The molecule has 4 nitrogen and oxygen atoms in total. The fourth-order valence-corrected chi connectivity index (χ4v) is 3.92. The second-order valence-electron chi connectivity index (χ2n) is 6.51. The van der Waals surface area contributed by atoms with Gasteiger partial charge in [0.1, 0.15) is 11.4 Å². The van der Waals surface area contributed by atoms with Crippen molar-refractivity contribution in [1.29, 1.82) is 5.26 Å². The molecule has 0 radical (unpaired) electrons. The van der Waals surface area contributed by atoms with Gasteiger partial charge in [-0.3, -0.25) is 9.36 Å². The third kappa shape index (κ3) is 2.09. The van der Waals surface area contributed by atoms with Crippen LogP contribution >= 0.6 is 0 Å². The van der Waals surface area contributed by atoms with E-state index in [0.29, 0.717) is 5.56 Å². The van der Waals surface area contributed by atoms with Crippen molar-refractivity contribution in [1.82, 2.24) is 4.57 Å². The van der Waals surface area contributed by atoms with Crippen molar-refractivity contribution in [3.63, 3.8) is 0 Å². The Kier molecular flexibility index (Phi) is 3.31. The summed E-state index contributed by atoms with van der Waals surface area (Å²) in [6.07, 6.45) is 5.96. The SMILES string of the molecule is CC1=C(n2ccccc2=O)c2cc(C#N)ccc2OC12CCCC2. The zero-order chi connectivity index (χ0) is 16.7. The molecule has 2 aromatic rings. The molecule has 0 unspecified atom stereocenters. The van der Waals surface area contributed by atoms with Gasteiger partial charge in [0.25, 0.3) is 5.56 Å². The highest BCUT2D eigenvalue weighted by Crippen LogP contribution is 2.48. The maximum Gasteiger partial charge on any atom is 0.255 e. The van der Waals surface area contributed by atoms with Crippen molar-refractivity contribution in [3.8, 4) is 11.8 Å². The van der Waals surface area contributed by atoms with Crippen LogP contribution < -0.4 is 10.3 Å². The van der Waals surface area contributed by atoms with Crippen LogP contribution in [-0.4, -0.2) is 10.2 Å². The third-order valence-corrected chi connectivity index (χ3v) is 5.18. The van der Waals surface area contributed by atoms with E-state index in [2.05, 4.69) is 13.0 Å². The molecule has 0 amide bonds. The van der Waals surface area contributed by atoms with Crippen molar-refractivity contribution in [2.75, 3.05) is 0 Å². The van der Waals surface area contributed by atoms with Gasteiger partial charge in [0, 0.05) is 17.8 Å². The smallest absolute Gasteiger partial charge is 0.255 e. The first kappa shape index (κ1) is 14.8. The molecule has 0 saturated heterocycles. The van der Waals surface area contributed by atoms with Crippen molar-refractivity contribution in [3.05, 3.63) is 69.6 Å². The minimum atomic E-state index is -0.328. The normalized spacial score (nSPS) is 18.2. The Hall–Kier alpha value is -2.80. The second kappa shape index (κ2) is 5.38. The van der Waals surface area contributed by atoms with Crippen LogP contribution in [0.3, 0.4) is 0 Å². The number of nitrogens with zero attached hydrogens (tertiary/aromatic N) is 2. The summed E-state index contributed by atoms with van der Waals surface area (Å²) in [7, 11) is 0. The molecule has 1 fully saturated rings. The third-order valence-electron chi connectivity index (χ3n) is 5.18. The van der Waals surface area contributed by atoms with E-state index in [1.165, 1.54) is 0 Å². The Balaban J connectivity index is 2.04. The van der Waals surface area contributed by atoms with Crippen LogP contribution in [-0.2, 0) is 0 Å². The first-order valence-corrected chi connectivity index (χ1v) is 8.28. The van der Waals surface area contributed by atoms with Crippen LogP contribution in [0.4, 0.5) is 0 Å². The maximum atomic E-state index is 12.5. The van der Waals surface area contributed by atoms with Gasteiger partial charge in [0.2, 0.25) is 0 Å². The fourth-order valence-electron chi connectivity index (χ4n) is 3.92. The first-order chi connectivity index (χ1) is 11.6. The highest BCUT2D eigenvalue weighted by molar-refractivity contribution is 5.77. The number of aromatic nitrogens is 1. The summed E-state index contributed by atoms with van der Waals surface area (Å²) < 4.78 is 8.08. The van der Waals surface area contributed by atoms with Crippen LogP contribution in [0.1, 0.15) is 43.7 Å². The van der Waals surface area contributed by atoms with Crippen LogP contribution in [0.25, 0.3) is 5.70 Å². The minimum Gasteiger partial charge on any atom is -0.482 e. The summed E-state index contributed by atoms with van der Waals surface area (Å²) >= 11 is 0. The Labute approximate surface area is 140 Å². The molecular formula is C20H18N2O2. The van der Waals surface area contributed by atoms with E-state index < -0.39 is 0 Å². The first-order valence-electron chi connectivity index (χ1n) is 8.28. The lowest BCUT2D eigenvalue weighted by atomic mass is 9.86. The fraction of sp³-hybridized carbons (Fsp3) is 0.300. The molecular weight excluding hydrogens is 300 g/mol. The van der Waals surface area contributed by atoms with E-state index in [0.717, 1.165) is 48.3 Å². The molecule has 1 saturated carbocycles. The largest absolute Gasteiger partial charge is 0.482 e. The van der Waals surface area contributed by atoms with Crippen LogP contribution in [0.5, 0.6) is 5.75 Å². The molecule has 0 atom stereocenters. The molecule has 4 heteroatoms. The van der Waals surface area contributed by atoms with Crippen LogP contribution in [0.2, 0.25) is 0 Å². The van der Waals surface area contributed by atoms with E-state index in [1.807, 2.05) is 18.2 Å². The minimum absolute atomic E-state index is 0.0739. The molecule has 1 aliphatic heterocycles. The van der Waals surface area contributed by atoms with Crippen LogP contribution in [0.15, 0.2) is 53.0 Å². The lowest BCUT2D eigenvalue weighted by Gasteiger charge is -2.38. The van der Waals surface area contributed by atoms with Crippen molar-refractivity contribution >= 4 is 5.70 Å². The lowest BCUT2D eigenvalue weighted by molar-refractivity contribution is 0.110. The van der Waals surface area contributed by atoms with E-state index >= 15 is 0 Å². The molecule has 1 spiro atoms. The van der Waals surface area contributed by atoms with Gasteiger partial charge in [0.15, 0.2) is 0 Å². The van der Waals surface area contributed by atoms with E-state index in [-0.39, 0.29) is 11.2 Å². The number of nitriles is 1.